The molecule has 0 unspecified atom stereocenters. The van der Waals surface area contributed by atoms with Gasteiger partial charge in [-0.15, -0.1) is 0 Å². The van der Waals surface area contributed by atoms with E-state index in [1.807, 2.05) is 0 Å². The number of aromatic nitrogens is 2. The summed E-state index contributed by atoms with van der Waals surface area (Å²) in [5.74, 6) is 1.84. The van der Waals surface area contributed by atoms with E-state index in [1.165, 1.54) is 11.5 Å². The molecule has 12 heavy (non-hydrogen) atoms. The van der Waals surface area contributed by atoms with Crippen LogP contribution in [0.15, 0.2) is 0 Å². The molecule has 0 aliphatic heterocycles. The molecule has 0 aliphatic rings. The Hall–Kier alpha value is -0.290. The number of nitrogens with one attached hydrogen (secondary N) is 1. The smallest absolute Gasteiger partial charge is 0.202 e. The topological polar surface area (TPSA) is 37.8 Å². The predicted molar refractivity (Wildman–Crippen MR) is 55.9 cm³/mol. The number of hydrogen-bond donors (Lipinski definition) is 1. The number of thioether (sulfide) groups is 1. The summed E-state index contributed by atoms with van der Waals surface area (Å²) in [5.41, 5.74) is 0. The number of rotatable bonds is 5. The average molecular weight is 203 g/mol. The van der Waals surface area contributed by atoms with E-state index in [0.717, 1.165) is 29.7 Å². The van der Waals surface area contributed by atoms with Gasteiger partial charge in [0.05, 0.1) is 5.75 Å². The first kappa shape index (κ1) is 9.80. The van der Waals surface area contributed by atoms with E-state index in [1.54, 1.807) is 11.8 Å². The molecule has 0 atom stereocenters. The lowest BCUT2D eigenvalue weighted by Gasteiger charge is -1.95. The highest BCUT2D eigenvalue weighted by Gasteiger charge is 2.00. The summed E-state index contributed by atoms with van der Waals surface area (Å²) < 4.78 is 4.21. The first-order valence-corrected chi connectivity index (χ1v) is 6.09. The van der Waals surface area contributed by atoms with Crippen LogP contribution in [-0.4, -0.2) is 22.2 Å². The third-order valence-electron chi connectivity index (χ3n) is 1.27. The van der Waals surface area contributed by atoms with Crippen LogP contribution in [0.25, 0.3) is 0 Å². The molecule has 5 heteroatoms. The van der Waals surface area contributed by atoms with Gasteiger partial charge in [0.25, 0.3) is 0 Å². The van der Waals surface area contributed by atoms with Crippen LogP contribution in [0.5, 0.6) is 0 Å². The zero-order valence-electron chi connectivity index (χ0n) is 7.33. The molecule has 1 heterocycles. The molecule has 0 saturated carbocycles. The highest BCUT2D eigenvalue weighted by Crippen LogP contribution is 2.13. The lowest BCUT2D eigenvalue weighted by Crippen LogP contribution is -1.98. The van der Waals surface area contributed by atoms with E-state index in [2.05, 4.69) is 27.9 Å². The largest absolute Gasteiger partial charge is 0.360 e. The van der Waals surface area contributed by atoms with Crippen LogP contribution in [0, 0.1) is 0 Å². The quantitative estimate of drug-likeness (QED) is 0.796. The van der Waals surface area contributed by atoms with Crippen LogP contribution < -0.4 is 5.32 Å². The molecule has 1 N–H and O–H groups in total. The van der Waals surface area contributed by atoms with Crippen molar-refractivity contribution in [3.05, 3.63) is 5.82 Å². The molecule has 0 fully saturated rings. The highest BCUT2D eigenvalue weighted by atomic mass is 32.2. The van der Waals surface area contributed by atoms with Crippen LogP contribution >= 0.6 is 23.3 Å². The maximum atomic E-state index is 4.31. The van der Waals surface area contributed by atoms with Crippen LogP contribution in [0.2, 0.25) is 0 Å². The summed E-state index contributed by atoms with van der Waals surface area (Å²) >= 11 is 3.19. The number of hydrogen-bond acceptors (Lipinski definition) is 5. The van der Waals surface area contributed by atoms with Crippen LogP contribution in [0.3, 0.4) is 0 Å². The Balaban J connectivity index is 2.41. The predicted octanol–water partition coefficient (Wildman–Crippen LogP) is 2.22. The molecule has 0 saturated heterocycles. The van der Waals surface area contributed by atoms with Gasteiger partial charge in [-0.1, -0.05) is 6.92 Å². The maximum Gasteiger partial charge on any atom is 0.202 e. The normalized spacial score (nSPS) is 10.2. The fourth-order valence-corrected chi connectivity index (χ4v) is 1.82. The van der Waals surface area contributed by atoms with E-state index in [4.69, 9.17) is 0 Å². The lowest BCUT2D eigenvalue weighted by molar-refractivity contribution is 0.972. The Morgan fingerprint density at radius 1 is 1.58 bits per heavy atom. The summed E-state index contributed by atoms with van der Waals surface area (Å²) in [5, 5.41) is 4.15. The van der Waals surface area contributed by atoms with Gasteiger partial charge in [0, 0.05) is 18.1 Å². The Morgan fingerprint density at radius 3 is 3.08 bits per heavy atom. The SMILES string of the molecule is CCCNc1nc(CSC)ns1. The van der Waals surface area contributed by atoms with E-state index >= 15 is 0 Å². The Kier molecular flexibility index (Phi) is 4.39. The zero-order chi connectivity index (χ0) is 8.81. The molecule has 0 amide bonds. The van der Waals surface area contributed by atoms with Crippen molar-refractivity contribution in [2.45, 2.75) is 19.1 Å². The first-order chi connectivity index (χ1) is 5.86. The summed E-state index contributed by atoms with van der Waals surface area (Å²) in [4.78, 5) is 4.31. The molecule has 1 aromatic heterocycles. The van der Waals surface area contributed by atoms with Gasteiger partial charge >= 0.3 is 0 Å². The molecule has 0 aromatic carbocycles. The van der Waals surface area contributed by atoms with Gasteiger partial charge in [0.1, 0.15) is 0 Å². The van der Waals surface area contributed by atoms with Crippen molar-refractivity contribution in [1.29, 1.82) is 0 Å². The van der Waals surface area contributed by atoms with Crippen molar-refractivity contribution in [1.82, 2.24) is 9.36 Å². The fourth-order valence-electron chi connectivity index (χ4n) is 0.745. The van der Waals surface area contributed by atoms with Crippen molar-refractivity contribution in [3.8, 4) is 0 Å². The van der Waals surface area contributed by atoms with Gasteiger partial charge in [-0.2, -0.15) is 16.1 Å². The van der Waals surface area contributed by atoms with Gasteiger partial charge < -0.3 is 5.32 Å². The molecule has 1 aromatic rings. The van der Waals surface area contributed by atoms with E-state index in [-0.39, 0.29) is 0 Å². The third-order valence-corrected chi connectivity index (χ3v) is 2.53. The van der Waals surface area contributed by atoms with Crippen molar-refractivity contribution in [2.24, 2.45) is 0 Å². The number of anilines is 1. The molecule has 3 nitrogen and oxygen atoms in total. The minimum Gasteiger partial charge on any atom is -0.360 e. The van der Waals surface area contributed by atoms with Gasteiger partial charge in [0.2, 0.25) is 5.13 Å². The summed E-state index contributed by atoms with van der Waals surface area (Å²) in [6.45, 7) is 3.12. The molecule has 0 bridgehead atoms. The van der Waals surface area contributed by atoms with Gasteiger partial charge in [-0.3, -0.25) is 0 Å². The fraction of sp³-hybridized carbons (Fsp3) is 0.714. The third kappa shape index (κ3) is 2.98. The summed E-state index contributed by atoms with van der Waals surface area (Å²) in [6.07, 6.45) is 3.18. The van der Waals surface area contributed by atoms with Crippen molar-refractivity contribution < 1.29 is 0 Å². The van der Waals surface area contributed by atoms with Gasteiger partial charge in [0.15, 0.2) is 5.82 Å². The van der Waals surface area contributed by atoms with Crippen LogP contribution in [0.4, 0.5) is 5.13 Å². The molecule has 1 rings (SSSR count). The standard InChI is InChI=1S/C7H13N3S2/c1-3-4-8-7-9-6(5-11-2)10-12-7/h3-5H2,1-2H3,(H,8,9,10). The lowest BCUT2D eigenvalue weighted by atomic mass is 10.5. The van der Waals surface area contributed by atoms with E-state index in [0.29, 0.717) is 0 Å². The average Bonchev–Trinajstić information content (AvgIpc) is 2.50. The van der Waals surface area contributed by atoms with Gasteiger partial charge in [-0.05, 0) is 12.7 Å². The van der Waals surface area contributed by atoms with Crippen molar-refractivity contribution in [3.63, 3.8) is 0 Å². The molecule has 0 spiro atoms. The molecule has 0 radical (unpaired) electrons. The molecule has 68 valence electrons. The second-order valence-corrected chi connectivity index (χ2v) is 3.99. The van der Waals surface area contributed by atoms with Crippen molar-refractivity contribution >= 4 is 28.4 Å². The summed E-state index contributed by atoms with van der Waals surface area (Å²) in [7, 11) is 0. The Morgan fingerprint density at radius 2 is 2.42 bits per heavy atom. The second kappa shape index (κ2) is 5.37. The number of nitrogens with zero attached hydrogens (tertiary/aromatic N) is 2. The Labute approximate surface area is 81.1 Å². The maximum absolute atomic E-state index is 4.31. The zero-order valence-corrected chi connectivity index (χ0v) is 8.97. The van der Waals surface area contributed by atoms with Crippen LogP contribution in [0.1, 0.15) is 19.2 Å². The van der Waals surface area contributed by atoms with E-state index < -0.39 is 0 Å². The molecular weight excluding hydrogens is 190 g/mol. The molecule has 0 aliphatic carbocycles. The minimum absolute atomic E-state index is 0.907. The van der Waals surface area contributed by atoms with Gasteiger partial charge in [-0.25, -0.2) is 4.98 Å². The minimum atomic E-state index is 0.907. The summed E-state index contributed by atoms with van der Waals surface area (Å²) in [6, 6.07) is 0. The first-order valence-electron chi connectivity index (χ1n) is 3.92. The molecular formula is C7H13N3S2. The highest BCUT2D eigenvalue weighted by molar-refractivity contribution is 7.97. The monoisotopic (exact) mass is 203 g/mol. The van der Waals surface area contributed by atoms with Crippen LogP contribution in [-0.2, 0) is 5.75 Å². The second-order valence-electron chi connectivity index (χ2n) is 2.38. The van der Waals surface area contributed by atoms with Crippen molar-refractivity contribution in [2.75, 3.05) is 18.1 Å². The Bertz CT molecular complexity index is 224. The van der Waals surface area contributed by atoms with E-state index in [9.17, 15) is 0 Å².